The number of hydrogen-bond donors (Lipinski definition) is 1. The molecule has 146 valence electrons. The molecule has 1 saturated carbocycles. The second-order valence-corrected chi connectivity index (χ2v) is 8.34. The summed E-state index contributed by atoms with van der Waals surface area (Å²) in [7, 11) is 0.280. The largest absolute Gasteiger partial charge is 0.497 e. The third-order valence-electron chi connectivity index (χ3n) is 4.77. The van der Waals surface area contributed by atoms with Gasteiger partial charge in [0.25, 0.3) is 0 Å². The number of amides is 1. The number of carbonyl (C=O) groups excluding carboxylic acids is 1. The Labute approximate surface area is 162 Å². The summed E-state index contributed by atoms with van der Waals surface area (Å²) in [6.45, 7) is 1.80. The molecule has 0 saturated heterocycles. The van der Waals surface area contributed by atoms with Crippen molar-refractivity contribution in [2.24, 2.45) is 0 Å². The summed E-state index contributed by atoms with van der Waals surface area (Å²) >= 11 is 0. The Morgan fingerprint density at radius 3 is 2.85 bits per heavy atom. The number of aryl methyl sites for hydroxylation is 1. The van der Waals surface area contributed by atoms with Crippen LogP contribution in [0.4, 0.5) is 0 Å². The van der Waals surface area contributed by atoms with Gasteiger partial charge in [-0.1, -0.05) is 25.3 Å². The highest BCUT2D eigenvalue weighted by molar-refractivity contribution is 7.84. The molecule has 0 bridgehead atoms. The number of ether oxygens (including phenoxy) is 1. The summed E-state index contributed by atoms with van der Waals surface area (Å²) in [6, 6.07) is 7.66. The van der Waals surface area contributed by atoms with E-state index in [2.05, 4.69) is 10.3 Å². The van der Waals surface area contributed by atoms with Crippen molar-refractivity contribution in [2.45, 2.75) is 50.8 Å². The van der Waals surface area contributed by atoms with Crippen molar-refractivity contribution in [1.29, 1.82) is 0 Å². The lowest BCUT2D eigenvalue weighted by Gasteiger charge is -2.22. The van der Waals surface area contributed by atoms with Gasteiger partial charge >= 0.3 is 0 Å². The van der Waals surface area contributed by atoms with Gasteiger partial charge in [-0.3, -0.25) is 9.00 Å². The maximum absolute atomic E-state index is 12.4. The molecule has 3 rings (SSSR count). The van der Waals surface area contributed by atoms with Gasteiger partial charge in [-0.05, 0) is 38.0 Å². The molecule has 2 aromatic rings. The predicted molar refractivity (Wildman–Crippen MR) is 105 cm³/mol. The Morgan fingerprint density at radius 2 is 2.11 bits per heavy atom. The van der Waals surface area contributed by atoms with Crippen molar-refractivity contribution in [2.75, 3.05) is 12.9 Å². The number of carbonyl (C=O) groups is 1. The monoisotopic (exact) mass is 390 g/mol. The van der Waals surface area contributed by atoms with Gasteiger partial charge in [-0.25, -0.2) is 4.98 Å². The molecular weight excluding hydrogens is 364 g/mol. The standard InChI is InChI=1S/C20H26N2O4S/c1-14-18(22-20(26-14)15-7-6-10-17(11-15)25-2)12-27(24)13-19(23)21-16-8-4-3-5-9-16/h6-7,10-11,16H,3-5,8-9,12-13H2,1-2H3,(H,21,23)/t27-/m1/s1. The van der Waals surface area contributed by atoms with Gasteiger partial charge in [0.1, 0.15) is 17.3 Å². The molecule has 27 heavy (non-hydrogen) atoms. The van der Waals surface area contributed by atoms with Crippen LogP contribution in [0.3, 0.4) is 0 Å². The number of nitrogens with zero attached hydrogens (tertiary/aromatic N) is 1. The summed E-state index contributed by atoms with van der Waals surface area (Å²) < 4.78 is 23.4. The van der Waals surface area contributed by atoms with Gasteiger partial charge in [0, 0.05) is 22.4 Å². The van der Waals surface area contributed by atoms with Crippen molar-refractivity contribution in [3.63, 3.8) is 0 Å². The lowest BCUT2D eigenvalue weighted by Crippen LogP contribution is -2.38. The second kappa shape index (κ2) is 9.17. The first-order valence-corrected chi connectivity index (χ1v) is 10.8. The SMILES string of the molecule is COc1cccc(-c2nc(C[S@@](=O)CC(=O)NC3CCCCC3)c(C)o2)c1. The zero-order valence-electron chi connectivity index (χ0n) is 15.8. The highest BCUT2D eigenvalue weighted by atomic mass is 32.2. The molecule has 0 spiro atoms. The summed E-state index contributed by atoms with van der Waals surface area (Å²) in [5.41, 5.74) is 1.42. The number of rotatable bonds is 7. The first-order valence-electron chi connectivity index (χ1n) is 9.30. The molecule has 6 nitrogen and oxygen atoms in total. The molecule has 7 heteroatoms. The number of aromatic nitrogens is 1. The van der Waals surface area contributed by atoms with Crippen molar-refractivity contribution in [3.05, 3.63) is 35.7 Å². The zero-order valence-corrected chi connectivity index (χ0v) is 16.6. The van der Waals surface area contributed by atoms with Gasteiger partial charge < -0.3 is 14.5 Å². The van der Waals surface area contributed by atoms with Crippen LogP contribution in [-0.2, 0) is 21.3 Å². The third-order valence-corrected chi connectivity index (χ3v) is 5.95. The van der Waals surface area contributed by atoms with E-state index in [4.69, 9.17) is 9.15 Å². The average molecular weight is 391 g/mol. The molecule has 1 N–H and O–H groups in total. The van der Waals surface area contributed by atoms with Crippen molar-refractivity contribution >= 4 is 16.7 Å². The van der Waals surface area contributed by atoms with Crippen LogP contribution < -0.4 is 10.1 Å². The van der Waals surface area contributed by atoms with Gasteiger partial charge in [-0.2, -0.15) is 0 Å². The van der Waals surface area contributed by atoms with Crippen molar-refractivity contribution < 1.29 is 18.2 Å². The predicted octanol–water partition coefficient (Wildman–Crippen LogP) is 3.36. The molecule has 1 heterocycles. The Balaban J connectivity index is 1.59. The van der Waals surface area contributed by atoms with Crippen LogP contribution in [0.5, 0.6) is 5.75 Å². The maximum atomic E-state index is 12.4. The van der Waals surface area contributed by atoms with E-state index in [0.717, 1.165) is 31.2 Å². The molecule has 1 aromatic heterocycles. The van der Waals surface area contributed by atoms with Crippen LogP contribution >= 0.6 is 0 Å². The van der Waals surface area contributed by atoms with E-state index in [1.165, 1.54) is 6.42 Å². The lowest BCUT2D eigenvalue weighted by molar-refractivity contribution is -0.119. The van der Waals surface area contributed by atoms with Gasteiger partial charge in [0.2, 0.25) is 11.8 Å². The topological polar surface area (TPSA) is 81.4 Å². The van der Waals surface area contributed by atoms with Crippen LogP contribution in [0.1, 0.15) is 43.6 Å². The Hall–Kier alpha value is -2.15. The zero-order chi connectivity index (χ0) is 19.2. The smallest absolute Gasteiger partial charge is 0.232 e. The summed E-state index contributed by atoms with van der Waals surface area (Å²) in [5, 5.41) is 3.00. The van der Waals surface area contributed by atoms with E-state index in [0.29, 0.717) is 23.1 Å². The fraction of sp³-hybridized carbons (Fsp3) is 0.500. The molecule has 0 aliphatic heterocycles. The van der Waals surface area contributed by atoms with Crippen molar-refractivity contribution in [3.8, 4) is 17.2 Å². The minimum absolute atomic E-state index is 0.00269. The van der Waals surface area contributed by atoms with Gasteiger partial charge in [0.15, 0.2) is 0 Å². The van der Waals surface area contributed by atoms with E-state index in [9.17, 15) is 9.00 Å². The van der Waals surface area contributed by atoms with Crippen LogP contribution in [0.25, 0.3) is 11.5 Å². The molecule has 1 atom stereocenters. The molecule has 0 unspecified atom stereocenters. The summed E-state index contributed by atoms with van der Waals surface area (Å²) in [6.07, 6.45) is 5.58. The van der Waals surface area contributed by atoms with Crippen LogP contribution in [0.15, 0.2) is 28.7 Å². The Bertz CT molecular complexity index is 812. The van der Waals surface area contributed by atoms with E-state index in [1.54, 1.807) is 14.0 Å². The second-order valence-electron chi connectivity index (χ2n) is 6.88. The van der Waals surface area contributed by atoms with Crippen LogP contribution in [-0.4, -0.2) is 34.0 Å². The number of methoxy groups -OCH3 is 1. The first kappa shape index (κ1) is 19.6. The Morgan fingerprint density at radius 1 is 1.33 bits per heavy atom. The van der Waals surface area contributed by atoms with Crippen LogP contribution in [0, 0.1) is 6.92 Å². The van der Waals surface area contributed by atoms with E-state index >= 15 is 0 Å². The minimum Gasteiger partial charge on any atom is -0.497 e. The Kier molecular flexibility index (Phi) is 6.66. The van der Waals surface area contributed by atoms with E-state index in [1.807, 2.05) is 24.3 Å². The van der Waals surface area contributed by atoms with E-state index < -0.39 is 10.8 Å². The average Bonchev–Trinajstić information content (AvgIpc) is 3.03. The lowest BCUT2D eigenvalue weighted by atomic mass is 9.95. The number of benzene rings is 1. The first-order chi connectivity index (χ1) is 13.0. The highest BCUT2D eigenvalue weighted by Crippen LogP contribution is 2.25. The van der Waals surface area contributed by atoms with E-state index in [-0.39, 0.29) is 23.5 Å². The third kappa shape index (κ3) is 5.42. The quantitative estimate of drug-likeness (QED) is 0.784. The number of oxazole rings is 1. The summed E-state index contributed by atoms with van der Waals surface area (Å²) in [4.78, 5) is 16.6. The fourth-order valence-electron chi connectivity index (χ4n) is 3.31. The van der Waals surface area contributed by atoms with Crippen LogP contribution in [0.2, 0.25) is 0 Å². The van der Waals surface area contributed by atoms with Gasteiger partial charge in [0.05, 0.1) is 18.6 Å². The molecule has 1 aromatic carbocycles. The maximum Gasteiger partial charge on any atom is 0.232 e. The summed E-state index contributed by atoms with van der Waals surface area (Å²) in [5.74, 6) is 1.86. The minimum atomic E-state index is -1.32. The molecule has 1 fully saturated rings. The molecular formula is C20H26N2O4S. The van der Waals surface area contributed by atoms with Gasteiger partial charge in [-0.15, -0.1) is 0 Å². The number of hydrogen-bond acceptors (Lipinski definition) is 5. The molecule has 1 aliphatic carbocycles. The number of nitrogens with one attached hydrogen (secondary N) is 1. The molecule has 0 radical (unpaired) electrons. The molecule has 1 amide bonds. The normalized spacial score (nSPS) is 16.1. The van der Waals surface area contributed by atoms with Crippen molar-refractivity contribution in [1.82, 2.24) is 10.3 Å². The fourth-order valence-corrected chi connectivity index (χ4v) is 4.36. The molecule has 1 aliphatic rings. The highest BCUT2D eigenvalue weighted by Gasteiger charge is 2.19.